The number of amides is 2. The highest BCUT2D eigenvalue weighted by Gasteiger charge is 2.26. The summed E-state index contributed by atoms with van der Waals surface area (Å²) in [4.78, 5) is 13.3. The first kappa shape index (κ1) is 11.6. The maximum absolute atomic E-state index is 11.5. The molecule has 0 bridgehead atoms. The van der Waals surface area contributed by atoms with Crippen molar-refractivity contribution in [1.82, 2.24) is 10.2 Å². The van der Waals surface area contributed by atoms with Gasteiger partial charge in [-0.25, -0.2) is 4.79 Å². The summed E-state index contributed by atoms with van der Waals surface area (Å²) in [5.41, 5.74) is 0.920. The van der Waals surface area contributed by atoms with Gasteiger partial charge in [0.1, 0.15) is 0 Å². The SMILES string of the molecule is CC(c1ccc(Cl)cc1Cl)N1CCNC1=O. The standard InChI is InChI=1S/C11H12Cl2N2O/c1-7(15-5-4-14-11(15)16)9-3-2-8(12)6-10(9)13/h2-3,6-7H,4-5H2,1H3,(H,14,16). The molecule has 0 saturated carbocycles. The molecular formula is C11H12Cl2N2O. The number of halogens is 2. The molecule has 0 radical (unpaired) electrons. The Bertz CT molecular complexity index is 422. The lowest BCUT2D eigenvalue weighted by atomic mass is 10.1. The first-order valence-corrected chi connectivity index (χ1v) is 5.84. The van der Waals surface area contributed by atoms with Gasteiger partial charge in [-0.3, -0.25) is 0 Å². The van der Waals surface area contributed by atoms with Gasteiger partial charge in [-0.15, -0.1) is 0 Å². The molecule has 3 nitrogen and oxygen atoms in total. The van der Waals surface area contributed by atoms with E-state index in [-0.39, 0.29) is 12.1 Å². The van der Waals surface area contributed by atoms with Crippen LogP contribution in [0.25, 0.3) is 0 Å². The van der Waals surface area contributed by atoms with Gasteiger partial charge in [0.05, 0.1) is 6.04 Å². The van der Waals surface area contributed by atoms with E-state index in [0.717, 1.165) is 5.56 Å². The monoisotopic (exact) mass is 258 g/mol. The predicted molar refractivity (Wildman–Crippen MR) is 65.0 cm³/mol. The maximum atomic E-state index is 11.5. The molecule has 1 unspecified atom stereocenters. The van der Waals surface area contributed by atoms with Gasteiger partial charge in [-0.05, 0) is 24.6 Å². The molecule has 1 aromatic rings. The van der Waals surface area contributed by atoms with Crippen molar-refractivity contribution in [3.05, 3.63) is 33.8 Å². The predicted octanol–water partition coefficient (Wildman–Crippen LogP) is 3.08. The third kappa shape index (κ3) is 2.11. The Balaban J connectivity index is 2.26. The van der Waals surface area contributed by atoms with Crippen molar-refractivity contribution in [1.29, 1.82) is 0 Å². The molecule has 1 aliphatic heterocycles. The summed E-state index contributed by atoms with van der Waals surface area (Å²) in [5.74, 6) is 0. The summed E-state index contributed by atoms with van der Waals surface area (Å²) in [6.45, 7) is 3.35. The van der Waals surface area contributed by atoms with Crippen LogP contribution in [-0.2, 0) is 0 Å². The minimum atomic E-state index is -0.0430. The highest BCUT2D eigenvalue weighted by Crippen LogP contribution is 2.30. The van der Waals surface area contributed by atoms with Gasteiger partial charge in [0.2, 0.25) is 0 Å². The second-order valence-electron chi connectivity index (χ2n) is 3.77. The fourth-order valence-electron chi connectivity index (χ4n) is 1.86. The third-order valence-electron chi connectivity index (χ3n) is 2.77. The molecule has 86 valence electrons. The van der Waals surface area contributed by atoms with E-state index in [9.17, 15) is 4.79 Å². The number of hydrogen-bond acceptors (Lipinski definition) is 1. The second-order valence-corrected chi connectivity index (χ2v) is 4.61. The Kier molecular flexibility index (Phi) is 3.26. The van der Waals surface area contributed by atoms with Gasteiger partial charge in [0.25, 0.3) is 0 Å². The fraction of sp³-hybridized carbons (Fsp3) is 0.364. The van der Waals surface area contributed by atoms with Gasteiger partial charge in [0, 0.05) is 23.1 Å². The van der Waals surface area contributed by atoms with E-state index < -0.39 is 0 Å². The molecule has 0 aliphatic carbocycles. The minimum absolute atomic E-state index is 0.0349. The van der Waals surface area contributed by atoms with Crippen LogP contribution in [0.5, 0.6) is 0 Å². The lowest BCUT2D eigenvalue weighted by molar-refractivity contribution is 0.202. The summed E-state index contributed by atoms with van der Waals surface area (Å²) in [6, 6.07) is 5.27. The van der Waals surface area contributed by atoms with E-state index in [4.69, 9.17) is 23.2 Å². The average Bonchev–Trinajstić information content (AvgIpc) is 2.63. The molecule has 2 amide bonds. The van der Waals surface area contributed by atoms with E-state index in [1.807, 2.05) is 13.0 Å². The van der Waals surface area contributed by atoms with E-state index in [2.05, 4.69) is 5.32 Å². The quantitative estimate of drug-likeness (QED) is 0.869. The molecule has 1 aliphatic rings. The number of urea groups is 1. The number of hydrogen-bond donors (Lipinski definition) is 1. The van der Waals surface area contributed by atoms with Gasteiger partial charge in [-0.1, -0.05) is 29.3 Å². The number of nitrogens with one attached hydrogen (secondary N) is 1. The van der Waals surface area contributed by atoms with Gasteiger partial charge >= 0.3 is 6.03 Å². The van der Waals surface area contributed by atoms with Crippen LogP contribution in [0.15, 0.2) is 18.2 Å². The molecule has 16 heavy (non-hydrogen) atoms. The van der Waals surface area contributed by atoms with Crippen molar-refractivity contribution in [3.63, 3.8) is 0 Å². The minimum Gasteiger partial charge on any atom is -0.336 e. The van der Waals surface area contributed by atoms with Crippen LogP contribution in [0, 0.1) is 0 Å². The van der Waals surface area contributed by atoms with E-state index >= 15 is 0 Å². The molecule has 1 aromatic carbocycles. The molecule has 1 N–H and O–H groups in total. The summed E-state index contributed by atoms with van der Waals surface area (Å²) in [6.07, 6.45) is 0. The molecule has 1 saturated heterocycles. The smallest absolute Gasteiger partial charge is 0.318 e. The largest absolute Gasteiger partial charge is 0.336 e. The van der Waals surface area contributed by atoms with Crippen LogP contribution >= 0.6 is 23.2 Å². The topological polar surface area (TPSA) is 32.3 Å². The molecule has 1 atom stereocenters. The molecule has 1 heterocycles. The number of carbonyl (C=O) groups excluding carboxylic acids is 1. The van der Waals surface area contributed by atoms with Crippen LogP contribution in [-0.4, -0.2) is 24.0 Å². The second kappa shape index (κ2) is 4.52. The van der Waals surface area contributed by atoms with Crippen molar-refractivity contribution in [2.45, 2.75) is 13.0 Å². The summed E-state index contributed by atoms with van der Waals surface area (Å²) < 4.78 is 0. The number of nitrogens with zero attached hydrogens (tertiary/aromatic N) is 1. The van der Waals surface area contributed by atoms with Crippen LogP contribution in [0.3, 0.4) is 0 Å². The summed E-state index contributed by atoms with van der Waals surface area (Å²) in [5, 5.41) is 3.97. The van der Waals surface area contributed by atoms with E-state index in [0.29, 0.717) is 23.1 Å². The molecular weight excluding hydrogens is 247 g/mol. The zero-order valence-corrected chi connectivity index (χ0v) is 10.3. The van der Waals surface area contributed by atoms with Crippen molar-refractivity contribution in [3.8, 4) is 0 Å². The molecule has 0 spiro atoms. The molecule has 2 rings (SSSR count). The first-order chi connectivity index (χ1) is 7.59. The lowest BCUT2D eigenvalue weighted by Crippen LogP contribution is -2.30. The third-order valence-corrected chi connectivity index (χ3v) is 3.33. The Hall–Kier alpha value is -0.930. The highest BCUT2D eigenvalue weighted by atomic mass is 35.5. The van der Waals surface area contributed by atoms with Gasteiger partial charge < -0.3 is 10.2 Å². The first-order valence-electron chi connectivity index (χ1n) is 5.09. The van der Waals surface area contributed by atoms with Crippen LogP contribution < -0.4 is 5.32 Å². The normalized spacial score (nSPS) is 17.4. The Labute approximate surface area is 104 Å². The Morgan fingerprint density at radius 3 is 2.75 bits per heavy atom. The van der Waals surface area contributed by atoms with Crippen molar-refractivity contribution in [2.24, 2.45) is 0 Å². The van der Waals surface area contributed by atoms with Crippen LogP contribution in [0.1, 0.15) is 18.5 Å². The Morgan fingerprint density at radius 2 is 2.19 bits per heavy atom. The number of carbonyl (C=O) groups is 1. The van der Waals surface area contributed by atoms with Crippen molar-refractivity contribution < 1.29 is 4.79 Å². The van der Waals surface area contributed by atoms with Crippen molar-refractivity contribution in [2.75, 3.05) is 13.1 Å². The average molecular weight is 259 g/mol. The molecule has 0 aromatic heterocycles. The van der Waals surface area contributed by atoms with E-state index in [1.54, 1.807) is 17.0 Å². The van der Waals surface area contributed by atoms with Gasteiger partial charge in [0.15, 0.2) is 0 Å². The van der Waals surface area contributed by atoms with Crippen molar-refractivity contribution >= 4 is 29.2 Å². The van der Waals surface area contributed by atoms with Crippen LogP contribution in [0.4, 0.5) is 4.79 Å². The number of rotatable bonds is 2. The maximum Gasteiger partial charge on any atom is 0.318 e. The summed E-state index contributed by atoms with van der Waals surface area (Å²) in [7, 11) is 0. The molecule has 5 heteroatoms. The Morgan fingerprint density at radius 1 is 1.44 bits per heavy atom. The number of benzene rings is 1. The van der Waals surface area contributed by atoms with Gasteiger partial charge in [-0.2, -0.15) is 0 Å². The zero-order chi connectivity index (χ0) is 11.7. The van der Waals surface area contributed by atoms with Crippen LogP contribution in [0.2, 0.25) is 10.0 Å². The zero-order valence-electron chi connectivity index (χ0n) is 8.84. The highest BCUT2D eigenvalue weighted by molar-refractivity contribution is 6.35. The van der Waals surface area contributed by atoms with E-state index in [1.165, 1.54) is 0 Å². The molecule has 1 fully saturated rings. The summed E-state index contributed by atoms with van der Waals surface area (Å²) >= 11 is 11.9. The fourth-order valence-corrected chi connectivity index (χ4v) is 2.43. The lowest BCUT2D eigenvalue weighted by Gasteiger charge is -2.24.